The molecule has 0 bridgehead atoms. The van der Waals surface area contributed by atoms with E-state index in [1.165, 1.54) is 12.1 Å². The van der Waals surface area contributed by atoms with Crippen LogP contribution in [0.25, 0.3) is 0 Å². The molecule has 2 aromatic carbocycles. The van der Waals surface area contributed by atoms with Gasteiger partial charge in [-0.25, -0.2) is 0 Å². The fourth-order valence-corrected chi connectivity index (χ4v) is 2.70. The number of hydrogen-bond donors (Lipinski definition) is 2. The third-order valence-corrected chi connectivity index (χ3v) is 4.01. The van der Waals surface area contributed by atoms with Crippen LogP contribution in [0.15, 0.2) is 42.5 Å². The van der Waals surface area contributed by atoms with Crippen molar-refractivity contribution in [2.45, 2.75) is 5.38 Å². The van der Waals surface area contributed by atoms with Crippen molar-refractivity contribution >= 4 is 46.6 Å². The molecule has 24 heavy (non-hydrogen) atoms. The SMILES string of the molecule is NC(=O)c1cc(Cl)cc(Cl)c1OCNC(=O)C(Cl)c1ccccc1. The second kappa shape index (κ2) is 8.24. The highest BCUT2D eigenvalue weighted by atomic mass is 35.5. The molecule has 0 saturated carbocycles. The van der Waals surface area contributed by atoms with Crippen molar-refractivity contribution in [2.24, 2.45) is 5.73 Å². The van der Waals surface area contributed by atoms with Crippen molar-refractivity contribution in [2.75, 3.05) is 6.73 Å². The van der Waals surface area contributed by atoms with Crippen LogP contribution in [0.2, 0.25) is 10.0 Å². The molecule has 0 radical (unpaired) electrons. The van der Waals surface area contributed by atoms with Gasteiger partial charge in [-0.2, -0.15) is 0 Å². The van der Waals surface area contributed by atoms with E-state index >= 15 is 0 Å². The van der Waals surface area contributed by atoms with Gasteiger partial charge in [0.15, 0.2) is 12.5 Å². The molecule has 5 nitrogen and oxygen atoms in total. The topological polar surface area (TPSA) is 81.4 Å². The number of nitrogens with two attached hydrogens (primary N) is 1. The zero-order valence-electron chi connectivity index (χ0n) is 12.3. The van der Waals surface area contributed by atoms with Crippen LogP contribution in [0.5, 0.6) is 5.75 Å². The molecule has 3 N–H and O–H groups in total. The Labute approximate surface area is 153 Å². The fraction of sp³-hybridized carbons (Fsp3) is 0.125. The van der Waals surface area contributed by atoms with Crippen LogP contribution < -0.4 is 15.8 Å². The summed E-state index contributed by atoms with van der Waals surface area (Å²) in [5.74, 6) is -1.16. The number of primary amides is 1. The van der Waals surface area contributed by atoms with Crippen LogP contribution in [0, 0.1) is 0 Å². The molecule has 1 unspecified atom stereocenters. The van der Waals surface area contributed by atoms with E-state index in [2.05, 4.69) is 5.32 Å². The largest absolute Gasteiger partial charge is 0.471 e. The van der Waals surface area contributed by atoms with Gasteiger partial charge in [-0.1, -0.05) is 53.5 Å². The summed E-state index contributed by atoms with van der Waals surface area (Å²) in [5.41, 5.74) is 5.94. The first-order valence-electron chi connectivity index (χ1n) is 6.78. The number of nitrogens with one attached hydrogen (secondary N) is 1. The summed E-state index contributed by atoms with van der Waals surface area (Å²) in [6.45, 7) is -0.240. The third kappa shape index (κ3) is 4.54. The number of halogens is 3. The van der Waals surface area contributed by atoms with Crippen molar-refractivity contribution in [3.8, 4) is 5.75 Å². The van der Waals surface area contributed by atoms with Crippen LogP contribution in [0.1, 0.15) is 21.3 Å². The van der Waals surface area contributed by atoms with Gasteiger partial charge in [-0.15, -0.1) is 11.6 Å². The van der Waals surface area contributed by atoms with Crippen molar-refractivity contribution in [3.63, 3.8) is 0 Å². The van der Waals surface area contributed by atoms with Crippen molar-refractivity contribution < 1.29 is 14.3 Å². The van der Waals surface area contributed by atoms with Gasteiger partial charge in [0.05, 0.1) is 10.6 Å². The molecule has 0 aromatic heterocycles. The van der Waals surface area contributed by atoms with Crippen molar-refractivity contribution in [1.29, 1.82) is 0 Å². The molecule has 0 aliphatic rings. The second-order valence-electron chi connectivity index (χ2n) is 4.73. The number of amides is 2. The molecule has 2 rings (SSSR count). The van der Waals surface area contributed by atoms with Crippen LogP contribution in [-0.4, -0.2) is 18.5 Å². The van der Waals surface area contributed by atoms with E-state index in [4.69, 9.17) is 45.3 Å². The first-order chi connectivity index (χ1) is 11.4. The number of hydrogen-bond acceptors (Lipinski definition) is 3. The van der Waals surface area contributed by atoms with Gasteiger partial charge in [0.25, 0.3) is 5.91 Å². The minimum atomic E-state index is -0.869. The summed E-state index contributed by atoms with van der Waals surface area (Å²) in [4.78, 5) is 23.5. The summed E-state index contributed by atoms with van der Waals surface area (Å²) in [5, 5.41) is 1.98. The van der Waals surface area contributed by atoms with Gasteiger partial charge in [0.2, 0.25) is 5.91 Å². The molecular formula is C16H13Cl3N2O3. The highest BCUT2D eigenvalue weighted by molar-refractivity contribution is 6.36. The summed E-state index contributed by atoms with van der Waals surface area (Å²) in [6, 6.07) is 11.6. The highest BCUT2D eigenvalue weighted by Crippen LogP contribution is 2.32. The van der Waals surface area contributed by atoms with Gasteiger partial charge in [0, 0.05) is 5.02 Å². The van der Waals surface area contributed by atoms with Crippen LogP contribution in [0.4, 0.5) is 0 Å². The quantitative estimate of drug-likeness (QED) is 0.588. The van der Waals surface area contributed by atoms with E-state index in [-0.39, 0.29) is 28.1 Å². The summed E-state index contributed by atoms with van der Waals surface area (Å²) in [6.07, 6.45) is 0. The second-order valence-corrected chi connectivity index (χ2v) is 6.01. The molecule has 8 heteroatoms. The molecule has 0 heterocycles. The summed E-state index contributed by atoms with van der Waals surface area (Å²) in [7, 11) is 0. The average Bonchev–Trinajstić information content (AvgIpc) is 2.56. The monoisotopic (exact) mass is 386 g/mol. The maximum atomic E-state index is 12.0. The lowest BCUT2D eigenvalue weighted by Crippen LogP contribution is -2.31. The Hall–Kier alpha value is -1.95. The summed E-state index contributed by atoms with van der Waals surface area (Å²) >= 11 is 17.9. The van der Waals surface area contributed by atoms with Gasteiger partial charge < -0.3 is 15.8 Å². The maximum absolute atomic E-state index is 12.0. The Bertz CT molecular complexity index is 754. The number of carbonyl (C=O) groups excluding carboxylic acids is 2. The highest BCUT2D eigenvalue weighted by Gasteiger charge is 2.19. The fourth-order valence-electron chi connectivity index (χ4n) is 1.93. The molecule has 0 saturated heterocycles. The first kappa shape index (κ1) is 18.4. The average molecular weight is 388 g/mol. The van der Waals surface area contributed by atoms with E-state index in [1.807, 2.05) is 6.07 Å². The lowest BCUT2D eigenvalue weighted by Gasteiger charge is -2.14. The van der Waals surface area contributed by atoms with Gasteiger partial charge in [-0.05, 0) is 17.7 Å². The van der Waals surface area contributed by atoms with Gasteiger partial charge in [-0.3, -0.25) is 9.59 Å². The van der Waals surface area contributed by atoms with Gasteiger partial charge >= 0.3 is 0 Å². The van der Waals surface area contributed by atoms with E-state index in [0.717, 1.165) is 0 Å². The number of ether oxygens (including phenoxy) is 1. The Kier molecular flexibility index (Phi) is 6.31. The van der Waals surface area contributed by atoms with Gasteiger partial charge in [0.1, 0.15) is 5.38 Å². The molecular weight excluding hydrogens is 375 g/mol. The Morgan fingerprint density at radius 2 is 1.83 bits per heavy atom. The molecule has 2 aromatic rings. The van der Waals surface area contributed by atoms with E-state index in [0.29, 0.717) is 5.56 Å². The molecule has 0 fully saturated rings. The predicted octanol–water partition coefficient (Wildman–Crippen LogP) is 3.52. The maximum Gasteiger partial charge on any atom is 0.252 e. The van der Waals surface area contributed by atoms with E-state index in [1.54, 1.807) is 24.3 Å². The number of alkyl halides is 1. The first-order valence-corrected chi connectivity index (χ1v) is 7.97. The van der Waals surface area contributed by atoms with Crippen molar-refractivity contribution in [3.05, 3.63) is 63.6 Å². The molecule has 0 spiro atoms. The number of carbonyl (C=O) groups is 2. The molecule has 0 aliphatic carbocycles. The third-order valence-electron chi connectivity index (χ3n) is 3.06. The zero-order chi connectivity index (χ0) is 17.7. The zero-order valence-corrected chi connectivity index (χ0v) is 14.5. The van der Waals surface area contributed by atoms with Crippen LogP contribution >= 0.6 is 34.8 Å². The molecule has 2 amide bonds. The standard InChI is InChI=1S/C16H13Cl3N2O3/c17-10-6-11(15(20)22)14(12(18)7-10)24-8-21-16(23)13(19)9-4-2-1-3-5-9/h1-7,13H,8H2,(H2,20,22)(H,21,23). The summed E-state index contributed by atoms with van der Waals surface area (Å²) < 4.78 is 5.36. The minimum Gasteiger partial charge on any atom is -0.471 e. The molecule has 126 valence electrons. The minimum absolute atomic E-state index is 0.0206. The number of benzene rings is 2. The van der Waals surface area contributed by atoms with Crippen LogP contribution in [-0.2, 0) is 4.79 Å². The Balaban J connectivity index is 2.02. The number of rotatable bonds is 6. The van der Waals surface area contributed by atoms with Crippen molar-refractivity contribution in [1.82, 2.24) is 5.32 Å². The Morgan fingerprint density at radius 3 is 2.46 bits per heavy atom. The lowest BCUT2D eigenvalue weighted by molar-refractivity contribution is -0.121. The van der Waals surface area contributed by atoms with E-state index in [9.17, 15) is 9.59 Å². The van der Waals surface area contributed by atoms with E-state index < -0.39 is 17.2 Å². The lowest BCUT2D eigenvalue weighted by atomic mass is 10.1. The predicted molar refractivity (Wildman–Crippen MR) is 93.7 cm³/mol. The smallest absolute Gasteiger partial charge is 0.252 e. The Morgan fingerprint density at radius 1 is 1.17 bits per heavy atom. The normalized spacial score (nSPS) is 11.6. The molecule has 1 atom stereocenters. The molecule has 0 aliphatic heterocycles. The van der Waals surface area contributed by atoms with Crippen LogP contribution in [0.3, 0.4) is 0 Å².